The average Bonchev–Trinajstić information content (AvgIpc) is 2.53. The molecule has 0 aliphatic carbocycles. The van der Waals surface area contributed by atoms with Gasteiger partial charge in [0, 0.05) is 10.6 Å². The SMILES string of the molecule is O=C(Nc1cccc(SC(F)F)c1)N[C@H](CO)c1ccccc1. The van der Waals surface area contributed by atoms with E-state index in [1.165, 1.54) is 6.07 Å². The lowest BCUT2D eigenvalue weighted by Crippen LogP contribution is -2.34. The number of alkyl halides is 2. The first-order valence-electron chi connectivity index (χ1n) is 6.86. The largest absolute Gasteiger partial charge is 0.394 e. The molecular formula is C16H16F2N2O2S. The summed E-state index contributed by atoms with van der Waals surface area (Å²) in [4.78, 5) is 12.4. The van der Waals surface area contributed by atoms with Crippen LogP contribution in [0, 0.1) is 0 Å². The normalized spacial score (nSPS) is 12.0. The fourth-order valence-corrected chi connectivity index (χ4v) is 2.55. The van der Waals surface area contributed by atoms with Gasteiger partial charge in [0.1, 0.15) is 0 Å². The second kappa shape index (κ2) is 8.50. The van der Waals surface area contributed by atoms with Gasteiger partial charge in [-0.1, -0.05) is 48.2 Å². The van der Waals surface area contributed by atoms with E-state index in [2.05, 4.69) is 10.6 Å². The van der Waals surface area contributed by atoms with E-state index in [1.54, 1.807) is 30.3 Å². The molecule has 0 fully saturated rings. The number of nitrogens with one attached hydrogen (secondary N) is 2. The molecule has 3 N–H and O–H groups in total. The van der Waals surface area contributed by atoms with Gasteiger partial charge in [-0.05, 0) is 23.8 Å². The second-order valence-corrected chi connectivity index (χ2v) is 5.71. The summed E-state index contributed by atoms with van der Waals surface area (Å²) in [7, 11) is 0. The number of anilines is 1. The Hall–Kier alpha value is -2.12. The summed E-state index contributed by atoms with van der Waals surface area (Å²) in [5.74, 6) is -2.52. The molecule has 0 saturated heterocycles. The Kier molecular flexibility index (Phi) is 6.37. The van der Waals surface area contributed by atoms with Crippen molar-refractivity contribution >= 4 is 23.5 Å². The minimum Gasteiger partial charge on any atom is -0.394 e. The summed E-state index contributed by atoms with van der Waals surface area (Å²) in [5, 5.41) is 14.6. The molecule has 2 amide bonds. The maximum Gasteiger partial charge on any atom is 0.319 e. The number of urea groups is 1. The summed E-state index contributed by atoms with van der Waals surface area (Å²) < 4.78 is 24.7. The molecule has 0 bridgehead atoms. The molecule has 2 aromatic carbocycles. The maximum absolute atomic E-state index is 12.4. The Labute approximate surface area is 136 Å². The Morgan fingerprint density at radius 3 is 2.52 bits per heavy atom. The monoisotopic (exact) mass is 338 g/mol. The van der Waals surface area contributed by atoms with Crippen molar-refractivity contribution in [3.05, 3.63) is 60.2 Å². The summed E-state index contributed by atoms with van der Waals surface area (Å²) in [6.45, 7) is -0.251. The highest BCUT2D eigenvalue weighted by molar-refractivity contribution is 7.99. The van der Waals surface area contributed by atoms with Crippen LogP contribution >= 0.6 is 11.8 Å². The van der Waals surface area contributed by atoms with Crippen molar-refractivity contribution in [2.75, 3.05) is 11.9 Å². The van der Waals surface area contributed by atoms with E-state index < -0.39 is 17.8 Å². The number of halogens is 2. The van der Waals surface area contributed by atoms with Gasteiger partial charge in [-0.3, -0.25) is 0 Å². The van der Waals surface area contributed by atoms with Gasteiger partial charge in [0.15, 0.2) is 0 Å². The Morgan fingerprint density at radius 2 is 1.87 bits per heavy atom. The van der Waals surface area contributed by atoms with Crippen molar-refractivity contribution in [3.8, 4) is 0 Å². The van der Waals surface area contributed by atoms with Crippen molar-refractivity contribution in [3.63, 3.8) is 0 Å². The minimum atomic E-state index is -2.52. The smallest absolute Gasteiger partial charge is 0.319 e. The van der Waals surface area contributed by atoms with Crippen molar-refractivity contribution < 1.29 is 18.7 Å². The van der Waals surface area contributed by atoms with Crippen LogP contribution in [0.3, 0.4) is 0 Å². The topological polar surface area (TPSA) is 61.4 Å². The molecule has 23 heavy (non-hydrogen) atoms. The highest BCUT2D eigenvalue weighted by Crippen LogP contribution is 2.27. The lowest BCUT2D eigenvalue weighted by atomic mass is 10.1. The van der Waals surface area contributed by atoms with E-state index in [0.717, 1.165) is 5.56 Å². The lowest BCUT2D eigenvalue weighted by Gasteiger charge is -2.17. The number of aliphatic hydroxyl groups excluding tert-OH is 1. The van der Waals surface area contributed by atoms with Gasteiger partial charge in [0.05, 0.1) is 12.6 Å². The van der Waals surface area contributed by atoms with Gasteiger partial charge in [-0.15, -0.1) is 0 Å². The zero-order valence-electron chi connectivity index (χ0n) is 12.1. The minimum absolute atomic E-state index is 0.251. The van der Waals surface area contributed by atoms with Crippen LogP contribution in [0.15, 0.2) is 59.5 Å². The second-order valence-electron chi connectivity index (χ2n) is 4.65. The fourth-order valence-electron chi connectivity index (χ4n) is 2.00. The van der Waals surface area contributed by atoms with Gasteiger partial charge in [-0.25, -0.2) is 4.79 Å². The van der Waals surface area contributed by atoms with Crippen LogP contribution in [0.4, 0.5) is 19.3 Å². The predicted octanol–water partition coefficient (Wildman–Crippen LogP) is 3.86. The molecule has 0 radical (unpaired) electrons. The number of thioether (sulfide) groups is 1. The number of amides is 2. The number of aliphatic hydroxyl groups is 1. The zero-order valence-corrected chi connectivity index (χ0v) is 12.9. The molecule has 7 heteroatoms. The lowest BCUT2D eigenvalue weighted by molar-refractivity contribution is 0.225. The first-order valence-corrected chi connectivity index (χ1v) is 7.74. The number of hydrogen-bond acceptors (Lipinski definition) is 3. The Bertz CT molecular complexity index is 641. The molecule has 122 valence electrons. The molecule has 0 aliphatic heterocycles. The van der Waals surface area contributed by atoms with Crippen LogP contribution in [-0.4, -0.2) is 23.5 Å². The van der Waals surface area contributed by atoms with E-state index in [-0.39, 0.29) is 6.61 Å². The molecule has 0 spiro atoms. The standard InChI is InChI=1S/C16H16F2N2O2S/c17-15(18)23-13-8-4-7-12(9-13)19-16(22)20-14(10-21)11-5-2-1-3-6-11/h1-9,14-15,21H,10H2,(H2,19,20,22)/t14-/m1/s1. The summed E-state index contributed by atoms with van der Waals surface area (Å²) in [5.41, 5.74) is 1.17. The first kappa shape index (κ1) is 17.2. The first-order chi connectivity index (χ1) is 11.1. The molecule has 0 aliphatic rings. The van der Waals surface area contributed by atoms with Gasteiger partial charge in [-0.2, -0.15) is 8.78 Å². The summed E-state index contributed by atoms with van der Waals surface area (Å²) in [6, 6.07) is 14.2. The van der Waals surface area contributed by atoms with Crippen LogP contribution in [0.1, 0.15) is 11.6 Å². The van der Waals surface area contributed by atoms with Crippen molar-refractivity contribution in [2.45, 2.75) is 16.7 Å². The van der Waals surface area contributed by atoms with Gasteiger partial charge >= 0.3 is 6.03 Å². The molecule has 1 atom stereocenters. The third-order valence-electron chi connectivity index (χ3n) is 3.01. The third kappa shape index (κ3) is 5.54. The van der Waals surface area contributed by atoms with Gasteiger partial charge in [0.25, 0.3) is 5.76 Å². The highest BCUT2D eigenvalue weighted by atomic mass is 32.2. The van der Waals surface area contributed by atoms with E-state index in [4.69, 9.17) is 0 Å². The molecule has 0 unspecified atom stereocenters. The van der Waals surface area contributed by atoms with E-state index in [9.17, 15) is 18.7 Å². The fraction of sp³-hybridized carbons (Fsp3) is 0.188. The van der Waals surface area contributed by atoms with E-state index in [1.807, 2.05) is 18.2 Å². The molecule has 2 aromatic rings. The maximum atomic E-state index is 12.4. The Morgan fingerprint density at radius 1 is 1.13 bits per heavy atom. The van der Waals surface area contributed by atoms with Crippen LogP contribution in [-0.2, 0) is 0 Å². The molecule has 4 nitrogen and oxygen atoms in total. The molecule has 2 rings (SSSR count). The van der Waals surface area contributed by atoms with Crippen LogP contribution in [0.5, 0.6) is 0 Å². The molecule has 0 heterocycles. The van der Waals surface area contributed by atoms with Gasteiger partial charge in [0.2, 0.25) is 0 Å². The molecule has 0 saturated carbocycles. The zero-order chi connectivity index (χ0) is 16.7. The molecular weight excluding hydrogens is 322 g/mol. The van der Waals surface area contributed by atoms with Gasteiger partial charge < -0.3 is 15.7 Å². The quantitative estimate of drug-likeness (QED) is 0.701. The third-order valence-corrected chi connectivity index (χ3v) is 3.71. The number of benzene rings is 2. The van der Waals surface area contributed by atoms with Crippen LogP contribution in [0.25, 0.3) is 0 Å². The molecule has 0 aromatic heterocycles. The Balaban J connectivity index is 1.98. The van der Waals surface area contributed by atoms with Crippen LogP contribution in [0.2, 0.25) is 0 Å². The van der Waals surface area contributed by atoms with E-state index in [0.29, 0.717) is 22.3 Å². The van der Waals surface area contributed by atoms with Crippen molar-refractivity contribution in [1.82, 2.24) is 5.32 Å². The van der Waals surface area contributed by atoms with Crippen molar-refractivity contribution in [1.29, 1.82) is 0 Å². The predicted molar refractivity (Wildman–Crippen MR) is 86.7 cm³/mol. The summed E-state index contributed by atoms with van der Waals surface area (Å²) in [6.07, 6.45) is 0. The number of carbonyl (C=O) groups is 1. The van der Waals surface area contributed by atoms with Crippen LogP contribution < -0.4 is 10.6 Å². The average molecular weight is 338 g/mol. The van der Waals surface area contributed by atoms with E-state index >= 15 is 0 Å². The summed E-state index contributed by atoms with van der Waals surface area (Å²) >= 11 is 0.410. The number of carbonyl (C=O) groups excluding carboxylic acids is 1. The number of hydrogen-bond donors (Lipinski definition) is 3. The number of rotatable bonds is 6. The highest BCUT2D eigenvalue weighted by Gasteiger charge is 2.13. The van der Waals surface area contributed by atoms with Crippen molar-refractivity contribution in [2.24, 2.45) is 0 Å².